The summed E-state index contributed by atoms with van der Waals surface area (Å²) in [4.78, 5) is 3.08. The van der Waals surface area contributed by atoms with Crippen LogP contribution in [-0.2, 0) is 10.0 Å². The van der Waals surface area contributed by atoms with E-state index in [-0.39, 0.29) is 10.2 Å². The van der Waals surface area contributed by atoms with Crippen LogP contribution in [-0.4, -0.2) is 13.4 Å². The van der Waals surface area contributed by atoms with E-state index in [0.717, 1.165) is 6.07 Å². The van der Waals surface area contributed by atoms with Gasteiger partial charge in [0.05, 0.1) is 5.69 Å². The Labute approximate surface area is 116 Å². The van der Waals surface area contributed by atoms with Gasteiger partial charge in [-0.15, -0.1) is 0 Å². The number of benzene rings is 1. The molecule has 0 aliphatic carbocycles. The summed E-state index contributed by atoms with van der Waals surface area (Å²) in [6.07, 6.45) is 2.77. The van der Waals surface area contributed by atoms with Crippen LogP contribution >= 0.6 is 15.9 Å². The molecule has 4 nitrogen and oxygen atoms in total. The second-order valence-electron chi connectivity index (χ2n) is 3.54. The minimum Gasteiger partial charge on any atom is -0.279 e. The molecule has 1 aromatic carbocycles. The van der Waals surface area contributed by atoms with Gasteiger partial charge in [-0.1, -0.05) is 0 Å². The molecule has 1 N–H and O–H groups in total. The van der Waals surface area contributed by atoms with E-state index < -0.39 is 26.6 Å². The highest BCUT2D eigenvalue weighted by Crippen LogP contribution is 2.27. The Morgan fingerprint density at radius 3 is 2.37 bits per heavy atom. The average molecular weight is 349 g/mol. The highest BCUT2D eigenvalue weighted by atomic mass is 79.9. The van der Waals surface area contributed by atoms with Crippen molar-refractivity contribution in [1.82, 2.24) is 4.98 Å². The molecule has 0 unspecified atom stereocenters. The molecule has 0 spiro atoms. The smallest absolute Gasteiger partial charge is 0.265 e. The number of hydrogen-bond donors (Lipinski definition) is 1. The van der Waals surface area contributed by atoms with Crippen molar-refractivity contribution >= 4 is 31.6 Å². The van der Waals surface area contributed by atoms with Gasteiger partial charge in [0.15, 0.2) is 0 Å². The lowest BCUT2D eigenvalue weighted by Gasteiger charge is -2.10. The van der Waals surface area contributed by atoms with E-state index in [1.165, 1.54) is 24.5 Å². The third kappa shape index (κ3) is 3.07. The van der Waals surface area contributed by atoms with Gasteiger partial charge >= 0.3 is 0 Å². The van der Waals surface area contributed by atoms with E-state index in [2.05, 4.69) is 25.6 Å². The third-order valence-corrected chi connectivity index (χ3v) is 4.51. The van der Waals surface area contributed by atoms with Gasteiger partial charge in [-0.05, 0) is 34.1 Å². The molecule has 1 heterocycles. The molecular formula is C11H7BrF2N2O2S. The fraction of sp³-hybridized carbons (Fsp3) is 0. The maximum absolute atomic E-state index is 13.6. The fourth-order valence-corrected chi connectivity index (χ4v) is 3.64. The molecule has 0 aliphatic rings. The molecule has 2 aromatic rings. The van der Waals surface area contributed by atoms with Crippen molar-refractivity contribution in [2.45, 2.75) is 4.90 Å². The van der Waals surface area contributed by atoms with E-state index in [9.17, 15) is 17.2 Å². The summed E-state index contributed by atoms with van der Waals surface area (Å²) in [6.45, 7) is 0. The van der Waals surface area contributed by atoms with Gasteiger partial charge in [0.2, 0.25) is 0 Å². The number of nitrogens with one attached hydrogen (secondary N) is 1. The summed E-state index contributed by atoms with van der Waals surface area (Å²) in [5.74, 6) is -2.04. The first kappa shape index (κ1) is 13.9. The minimum absolute atomic E-state index is 0.188. The zero-order chi connectivity index (χ0) is 14.0. The van der Waals surface area contributed by atoms with Crippen LogP contribution in [0.4, 0.5) is 14.5 Å². The van der Waals surface area contributed by atoms with Crippen molar-refractivity contribution in [3.05, 3.63) is 52.8 Å². The zero-order valence-corrected chi connectivity index (χ0v) is 11.7. The van der Waals surface area contributed by atoms with Crippen molar-refractivity contribution < 1.29 is 17.2 Å². The highest BCUT2D eigenvalue weighted by molar-refractivity contribution is 9.10. The van der Waals surface area contributed by atoms with E-state index in [0.29, 0.717) is 6.07 Å². The lowest BCUT2D eigenvalue weighted by Crippen LogP contribution is -2.15. The normalized spacial score (nSPS) is 11.3. The lowest BCUT2D eigenvalue weighted by atomic mass is 10.3. The number of nitrogens with zero attached hydrogens (tertiary/aromatic N) is 1. The molecule has 0 amide bonds. The maximum Gasteiger partial charge on any atom is 0.265 e. The van der Waals surface area contributed by atoms with Gasteiger partial charge in [0.1, 0.15) is 16.5 Å². The van der Waals surface area contributed by atoms with Gasteiger partial charge < -0.3 is 0 Å². The molecule has 0 fully saturated rings. The summed E-state index contributed by atoms with van der Waals surface area (Å²) in [5, 5.41) is 0. The SMILES string of the molecule is O=S(=O)(Nc1ccncc1)c1c(F)cc(F)cc1Br. The van der Waals surface area contributed by atoms with Crippen LogP contribution in [0.1, 0.15) is 0 Å². The number of rotatable bonds is 3. The zero-order valence-electron chi connectivity index (χ0n) is 9.27. The van der Waals surface area contributed by atoms with Crippen LogP contribution in [0.2, 0.25) is 0 Å². The number of sulfonamides is 1. The number of aromatic nitrogens is 1. The molecule has 0 atom stereocenters. The van der Waals surface area contributed by atoms with Gasteiger partial charge in [-0.25, -0.2) is 17.2 Å². The molecule has 0 bridgehead atoms. The molecule has 0 saturated carbocycles. The molecule has 1 aromatic heterocycles. The minimum atomic E-state index is -4.16. The monoisotopic (exact) mass is 348 g/mol. The van der Waals surface area contributed by atoms with Crippen LogP contribution < -0.4 is 4.72 Å². The number of hydrogen-bond acceptors (Lipinski definition) is 3. The molecule has 0 radical (unpaired) electrons. The summed E-state index contributed by atoms with van der Waals surface area (Å²) < 4.78 is 52.6. The molecule has 0 aliphatic heterocycles. The van der Waals surface area contributed by atoms with E-state index in [4.69, 9.17) is 0 Å². The van der Waals surface area contributed by atoms with Crippen molar-refractivity contribution in [1.29, 1.82) is 0 Å². The summed E-state index contributed by atoms with van der Waals surface area (Å²) in [5.41, 5.74) is 0.227. The third-order valence-electron chi connectivity index (χ3n) is 2.16. The summed E-state index contributed by atoms with van der Waals surface area (Å²) >= 11 is 2.84. The first-order valence-electron chi connectivity index (χ1n) is 4.97. The Morgan fingerprint density at radius 1 is 1.16 bits per heavy atom. The first-order chi connectivity index (χ1) is 8.90. The summed E-state index contributed by atoms with van der Waals surface area (Å²) in [6, 6.07) is 4.20. The Hall–Kier alpha value is -1.54. The molecule has 0 saturated heterocycles. The average Bonchev–Trinajstić information content (AvgIpc) is 2.27. The van der Waals surface area contributed by atoms with Gasteiger partial charge in [0.25, 0.3) is 10.0 Å². The number of pyridine rings is 1. The predicted molar refractivity (Wildman–Crippen MR) is 69.1 cm³/mol. The van der Waals surface area contributed by atoms with Crippen LogP contribution in [0.25, 0.3) is 0 Å². The van der Waals surface area contributed by atoms with Crippen molar-refractivity contribution in [2.75, 3.05) is 4.72 Å². The Balaban J connectivity index is 2.46. The quantitative estimate of drug-likeness (QED) is 0.927. The summed E-state index contributed by atoms with van der Waals surface area (Å²) in [7, 11) is -4.16. The van der Waals surface area contributed by atoms with Gasteiger partial charge in [-0.3, -0.25) is 9.71 Å². The second kappa shape index (κ2) is 5.22. The van der Waals surface area contributed by atoms with Gasteiger partial charge in [0, 0.05) is 22.9 Å². The van der Waals surface area contributed by atoms with E-state index in [1.54, 1.807) is 0 Å². The second-order valence-corrected chi connectivity index (χ2v) is 6.01. The van der Waals surface area contributed by atoms with Crippen LogP contribution in [0.15, 0.2) is 46.0 Å². The van der Waals surface area contributed by atoms with Crippen molar-refractivity contribution in [3.63, 3.8) is 0 Å². The molecule has 8 heteroatoms. The molecular weight excluding hydrogens is 342 g/mol. The van der Waals surface area contributed by atoms with Crippen LogP contribution in [0, 0.1) is 11.6 Å². The molecule has 100 valence electrons. The maximum atomic E-state index is 13.6. The Kier molecular flexibility index (Phi) is 3.81. The number of anilines is 1. The molecule has 2 rings (SSSR count). The standard InChI is InChI=1S/C11H7BrF2N2O2S/c12-9-5-7(13)6-10(14)11(9)19(17,18)16-8-1-3-15-4-2-8/h1-6H,(H,15,16). The topological polar surface area (TPSA) is 59.1 Å². The predicted octanol–water partition coefficient (Wildman–Crippen LogP) is 2.92. The van der Waals surface area contributed by atoms with Crippen molar-refractivity contribution in [3.8, 4) is 0 Å². The fourth-order valence-electron chi connectivity index (χ4n) is 1.41. The Bertz CT molecular complexity index is 685. The van der Waals surface area contributed by atoms with Crippen LogP contribution in [0.5, 0.6) is 0 Å². The van der Waals surface area contributed by atoms with E-state index >= 15 is 0 Å². The van der Waals surface area contributed by atoms with E-state index in [1.807, 2.05) is 0 Å². The first-order valence-corrected chi connectivity index (χ1v) is 7.25. The Morgan fingerprint density at radius 2 is 1.79 bits per heavy atom. The highest BCUT2D eigenvalue weighted by Gasteiger charge is 2.23. The number of halogens is 3. The lowest BCUT2D eigenvalue weighted by molar-refractivity contribution is 0.548. The molecule has 19 heavy (non-hydrogen) atoms. The van der Waals surface area contributed by atoms with Gasteiger partial charge in [-0.2, -0.15) is 0 Å². The largest absolute Gasteiger partial charge is 0.279 e. The van der Waals surface area contributed by atoms with Crippen LogP contribution in [0.3, 0.4) is 0 Å². The van der Waals surface area contributed by atoms with Crippen molar-refractivity contribution in [2.24, 2.45) is 0 Å².